The average Bonchev–Trinajstić information content (AvgIpc) is 2.74. The summed E-state index contributed by atoms with van der Waals surface area (Å²) in [5.41, 5.74) is 4.04. The number of nitrogens with zero attached hydrogens (tertiary/aromatic N) is 2. The second kappa shape index (κ2) is 10.3. The molecule has 5 nitrogen and oxygen atoms in total. The van der Waals surface area contributed by atoms with Crippen molar-refractivity contribution in [3.63, 3.8) is 0 Å². The van der Waals surface area contributed by atoms with Crippen LogP contribution in [0.2, 0.25) is 0 Å². The number of rotatable bonds is 6. The Labute approximate surface area is 194 Å². The van der Waals surface area contributed by atoms with Crippen molar-refractivity contribution in [2.24, 2.45) is 5.10 Å². The summed E-state index contributed by atoms with van der Waals surface area (Å²) in [5.74, 6) is -0.736. The van der Waals surface area contributed by atoms with E-state index in [2.05, 4.69) is 49.0 Å². The minimum Gasteiger partial charge on any atom is -0.488 e. The Balaban J connectivity index is 1.59. The first-order valence-electron chi connectivity index (χ1n) is 8.66. The molecular formula is C22H14BrFIN3O2. The van der Waals surface area contributed by atoms with Gasteiger partial charge in [0.25, 0.3) is 5.91 Å². The SMILES string of the molecule is N#Cc1ccc(C(=O)N/N=C\c2ccc(OCc3ccc(Br)cc3)c(I)c2)c(F)c1. The Morgan fingerprint density at radius 1 is 1.20 bits per heavy atom. The van der Waals surface area contributed by atoms with Crippen molar-refractivity contribution in [1.82, 2.24) is 5.43 Å². The summed E-state index contributed by atoms with van der Waals surface area (Å²) in [6.07, 6.45) is 1.46. The van der Waals surface area contributed by atoms with Crippen LogP contribution < -0.4 is 10.2 Å². The number of nitrogens with one attached hydrogen (secondary N) is 1. The maximum absolute atomic E-state index is 13.9. The maximum atomic E-state index is 13.9. The number of carbonyl (C=O) groups is 1. The molecule has 0 bridgehead atoms. The number of nitriles is 1. The molecule has 0 aliphatic rings. The molecular weight excluding hydrogens is 564 g/mol. The fraction of sp³-hybridized carbons (Fsp3) is 0.0455. The van der Waals surface area contributed by atoms with Crippen LogP contribution in [0.1, 0.15) is 27.0 Å². The maximum Gasteiger partial charge on any atom is 0.274 e. The molecule has 0 heterocycles. The van der Waals surface area contributed by atoms with E-state index < -0.39 is 11.7 Å². The van der Waals surface area contributed by atoms with Crippen LogP contribution in [0.5, 0.6) is 5.75 Å². The van der Waals surface area contributed by atoms with Crippen molar-refractivity contribution in [3.8, 4) is 11.8 Å². The summed E-state index contributed by atoms with van der Waals surface area (Å²) in [6.45, 7) is 0.447. The fourth-order valence-corrected chi connectivity index (χ4v) is 3.41. The Kier molecular flexibility index (Phi) is 7.54. The Morgan fingerprint density at radius 2 is 1.97 bits per heavy atom. The van der Waals surface area contributed by atoms with Crippen LogP contribution in [0.25, 0.3) is 0 Å². The van der Waals surface area contributed by atoms with E-state index >= 15 is 0 Å². The normalized spacial score (nSPS) is 10.6. The molecule has 0 saturated carbocycles. The lowest BCUT2D eigenvalue weighted by Gasteiger charge is -2.09. The molecule has 0 aromatic heterocycles. The smallest absolute Gasteiger partial charge is 0.274 e. The lowest BCUT2D eigenvalue weighted by molar-refractivity contribution is 0.0951. The highest BCUT2D eigenvalue weighted by Gasteiger charge is 2.11. The van der Waals surface area contributed by atoms with E-state index in [9.17, 15) is 9.18 Å². The Bertz CT molecular complexity index is 1140. The molecule has 0 aliphatic heterocycles. The molecule has 3 aromatic rings. The van der Waals surface area contributed by atoms with Gasteiger partial charge in [-0.1, -0.05) is 28.1 Å². The van der Waals surface area contributed by atoms with Crippen LogP contribution in [-0.2, 0) is 6.61 Å². The van der Waals surface area contributed by atoms with Crippen molar-refractivity contribution in [2.45, 2.75) is 6.61 Å². The predicted octanol–water partition coefficient (Wildman–Crippen LogP) is 5.41. The second-order valence-corrected chi connectivity index (χ2v) is 8.19. The van der Waals surface area contributed by atoms with Crippen LogP contribution in [0.3, 0.4) is 0 Å². The summed E-state index contributed by atoms with van der Waals surface area (Å²) in [7, 11) is 0. The molecule has 0 fully saturated rings. The lowest BCUT2D eigenvalue weighted by Crippen LogP contribution is -2.19. The molecule has 0 saturated heterocycles. The number of benzene rings is 3. The molecule has 3 rings (SSSR count). The van der Waals surface area contributed by atoms with Crippen molar-refractivity contribution in [3.05, 3.63) is 96.8 Å². The van der Waals surface area contributed by atoms with Gasteiger partial charge in [0.2, 0.25) is 0 Å². The molecule has 3 aromatic carbocycles. The predicted molar refractivity (Wildman–Crippen MR) is 124 cm³/mol. The van der Waals surface area contributed by atoms with Gasteiger partial charge in [-0.05, 0) is 82.2 Å². The first-order valence-corrected chi connectivity index (χ1v) is 10.5. The molecule has 0 atom stereocenters. The summed E-state index contributed by atoms with van der Waals surface area (Å²) in [6, 6.07) is 18.8. The van der Waals surface area contributed by atoms with Crippen LogP contribution in [0.15, 0.2) is 70.2 Å². The summed E-state index contributed by atoms with van der Waals surface area (Å²) in [5, 5.41) is 12.6. The Morgan fingerprint density at radius 3 is 2.63 bits per heavy atom. The zero-order chi connectivity index (χ0) is 21.5. The third-order valence-electron chi connectivity index (χ3n) is 3.99. The van der Waals surface area contributed by atoms with E-state index in [1.165, 1.54) is 18.3 Å². The van der Waals surface area contributed by atoms with Crippen molar-refractivity contribution < 1.29 is 13.9 Å². The van der Waals surface area contributed by atoms with Gasteiger partial charge in [-0.3, -0.25) is 4.79 Å². The number of ether oxygens (including phenoxy) is 1. The number of hydrogen-bond donors (Lipinski definition) is 1. The molecule has 1 N–H and O–H groups in total. The monoisotopic (exact) mass is 577 g/mol. The van der Waals surface area contributed by atoms with Gasteiger partial charge in [0.1, 0.15) is 18.2 Å². The lowest BCUT2D eigenvalue weighted by atomic mass is 10.1. The fourth-order valence-electron chi connectivity index (χ4n) is 2.45. The van der Waals surface area contributed by atoms with E-state index in [1.54, 1.807) is 6.07 Å². The van der Waals surface area contributed by atoms with E-state index in [0.29, 0.717) is 6.61 Å². The molecule has 30 heavy (non-hydrogen) atoms. The summed E-state index contributed by atoms with van der Waals surface area (Å²) >= 11 is 5.56. The number of hydrogen-bond acceptors (Lipinski definition) is 4. The molecule has 8 heteroatoms. The van der Waals surface area contributed by atoms with Crippen LogP contribution in [-0.4, -0.2) is 12.1 Å². The molecule has 1 amide bonds. The van der Waals surface area contributed by atoms with Crippen molar-refractivity contribution >= 4 is 50.6 Å². The minimum atomic E-state index is -0.774. The third kappa shape index (κ3) is 5.87. The second-order valence-electron chi connectivity index (χ2n) is 6.11. The first-order chi connectivity index (χ1) is 14.5. The highest BCUT2D eigenvalue weighted by Crippen LogP contribution is 2.23. The number of amides is 1. The largest absolute Gasteiger partial charge is 0.488 e. The topological polar surface area (TPSA) is 74.5 Å². The van der Waals surface area contributed by atoms with E-state index in [1.807, 2.05) is 42.5 Å². The van der Waals surface area contributed by atoms with E-state index in [0.717, 1.165) is 31.0 Å². The van der Waals surface area contributed by atoms with Crippen LogP contribution in [0, 0.1) is 20.7 Å². The quantitative estimate of drug-likeness (QED) is 0.242. The zero-order valence-corrected chi connectivity index (χ0v) is 19.1. The Hall–Kier alpha value is -2.77. The standard InChI is InChI=1S/C22H14BrFIN3O2/c23-17-5-1-14(2-6-17)13-30-21-8-4-16(10-20(21)25)12-27-28-22(29)18-7-3-15(11-26)9-19(18)24/h1-10,12H,13H2,(H,28,29)/b27-12-. The number of hydrazone groups is 1. The summed E-state index contributed by atoms with van der Waals surface area (Å²) < 4.78 is 21.6. The zero-order valence-electron chi connectivity index (χ0n) is 15.4. The van der Waals surface area contributed by atoms with Crippen molar-refractivity contribution in [2.75, 3.05) is 0 Å². The average molecular weight is 578 g/mol. The molecule has 0 aliphatic carbocycles. The van der Waals surface area contributed by atoms with Gasteiger partial charge in [-0.15, -0.1) is 0 Å². The van der Waals surface area contributed by atoms with Gasteiger partial charge in [0.15, 0.2) is 0 Å². The summed E-state index contributed by atoms with van der Waals surface area (Å²) in [4.78, 5) is 12.0. The van der Waals surface area contributed by atoms with Crippen molar-refractivity contribution in [1.29, 1.82) is 5.26 Å². The molecule has 0 spiro atoms. The van der Waals surface area contributed by atoms with Gasteiger partial charge in [0.05, 0.1) is 27.0 Å². The van der Waals surface area contributed by atoms with Gasteiger partial charge in [-0.25, -0.2) is 9.82 Å². The minimum absolute atomic E-state index is 0.143. The van der Waals surface area contributed by atoms with Gasteiger partial charge in [-0.2, -0.15) is 10.4 Å². The molecule has 0 unspecified atom stereocenters. The molecule has 150 valence electrons. The highest BCUT2D eigenvalue weighted by molar-refractivity contribution is 14.1. The van der Waals surface area contributed by atoms with E-state index in [4.69, 9.17) is 10.00 Å². The highest BCUT2D eigenvalue weighted by atomic mass is 127. The number of halogens is 3. The first kappa shape index (κ1) is 21.9. The van der Waals surface area contributed by atoms with Gasteiger partial charge < -0.3 is 4.74 Å². The van der Waals surface area contributed by atoms with Gasteiger partial charge >= 0.3 is 0 Å². The molecule has 0 radical (unpaired) electrons. The number of carbonyl (C=O) groups excluding carboxylic acids is 1. The third-order valence-corrected chi connectivity index (χ3v) is 5.36. The van der Waals surface area contributed by atoms with Crippen LogP contribution >= 0.6 is 38.5 Å². The van der Waals surface area contributed by atoms with Crippen LogP contribution in [0.4, 0.5) is 4.39 Å². The van der Waals surface area contributed by atoms with Gasteiger partial charge in [0, 0.05) is 4.47 Å². The van der Waals surface area contributed by atoms with E-state index in [-0.39, 0.29) is 11.1 Å².